The van der Waals surface area contributed by atoms with Crippen LogP contribution < -0.4 is 20.5 Å². The molecule has 1 amide bonds. The van der Waals surface area contributed by atoms with E-state index in [9.17, 15) is 9.59 Å². The molecular formula is C23H21ClIN5O5. The second-order valence-corrected chi connectivity index (χ2v) is 12.0. The summed E-state index contributed by atoms with van der Waals surface area (Å²) < 4.78 is 20.5. The molecule has 12 heteroatoms. The van der Waals surface area contributed by atoms with Gasteiger partial charge in [-0.3, -0.25) is 18.9 Å². The summed E-state index contributed by atoms with van der Waals surface area (Å²) in [4.78, 5) is 30.3. The minimum atomic E-state index is -0.807. The summed E-state index contributed by atoms with van der Waals surface area (Å²) >= 11 is 6.56. The number of ether oxygens (including phenoxy) is 2. The van der Waals surface area contributed by atoms with Crippen molar-refractivity contribution in [1.82, 2.24) is 19.7 Å². The molecule has 182 valence electrons. The summed E-state index contributed by atoms with van der Waals surface area (Å²) in [5.41, 5.74) is 2.73. The van der Waals surface area contributed by atoms with E-state index in [0.29, 0.717) is 28.2 Å². The van der Waals surface area contributed by atoms with Crippen molar-refractivity contribution in [2.45, 2.75) is 26.3 Å². The van der Waals surface area contributed by atoms with Gasteiger partial charge in [0.25, 0.3) is 11.9 Å². The number of imidazole rings is 1. The number of benzene rings is 2. The molecule has 0 unspecified atom stereocenters. The van der Waals surface area contributed by atoms with Crippen LogP contribution in [0.3, 0.4) is 0 Å². The van der Waals surface area contributed by atoms with E-state index in [4.69, 9.17) is 21.1 Å². The lowest BCUT2D eigenvalue weighted by Gasteiger charge is -2.23. The number of nitrogens with one attached hydrogen (secondary N) is 2. The largest absolute Gasteiger partial charge is 0.468 e. The highest BCUT2D eigenvalue weighted by atomic mass is 127. The molecule has 4 aromatic rings. The maximum absolute atomic E-state index is 12.4. The molecule has 3 heterocycles. The molecule has 2 aromatic carbocycles. The fourth-order valence-electron chi connectivity index (χ4n) is 3.67. The quantitative estimate of drug-likeness (QED) is 0.240. The molecule has 0 saturated heterocycles. The van der Waals surface area contributed by atoms with E-state index in [-0.39, 0.29) is 32.1 Å². The van der Waals surface area contributed by atoms with Crippen molar-refractivity contribution in [3.63, 3.8) is 0 Å². The molecule has 0 radical (unpaired) electrons. The third kappa shape index (κ3) is 4.69. The minimum Gasteiger partial charge on any atom is -0.468 e. The molecular weight excluding hydrogens is 589 g/mol. The predicted octanol–water partition coefficient (Wildman–Crippen LogP) is 4.68. The molecule has 1 aliphatic heterocycles. The maximum Gasteiger partial charge on any atom is 0.439 e. The lowest BCUT2D eigenvalue weighted by atomic mass is 10.1. The Labute approximate surface area is 214 Å². The van der Waals surface area contributed by atoms with Crippen molar-refractivity contribution < 1.29 is 18.8 Å². The van der Waals surface area contributed by atoms with Gasteiger partial charge in [0.05, 0.1) is 23.2 Å². The molecule has 0 aliphatic carbocycles. The summed E-state index contributed by atoms with van der Waals surface area (Å²) in [5, 5.41) is 6.44. The second-order valence-electron chi connectivity index (χ2n) is 8.76. The molecule has 10 nitrogen and oxygen atoms in total. The molecule has 0 bridgehead atoms. The molecule has 1 aliphatic rings. The molecule has 0 fully saturated rings. The molecule has 35 heavy (non-hydrogen) atoms. The number of carbonyl (C=O) groups is 1. The normalized spacial score (nSPS) is 13.2. The first-order valence-corrected chi connectivity index (χ1v) is 13.5. The van der Waals surface area contributed by atoms with Gasteiger partial charge in [0.2, 0.25) is 5.82 Å². The van der Waals surface area contributed by atoms with E-state index in [0.717, 1.165) is 21.0 Å². The van der Waals surface area contributed by atoms with Gasteiger partial charge in [-0.25, -0.2) is 4.79 Å². The van der Waals surface area contributed by atoms with Crippen molar-refractivity contribution >= 4 is 58.5 Å². The molecule has 5 rings (SSSR count). The molecule has 2 N–H and O–H groups in total. The van der Waals surface area contributed by atoms with Gasteiger partial charge in [0.15, 0.2) is 5.75 Å². The summed E-state index contributed by atoms with van der Waals surface area (Å²) in [7, 11) is 1.60. The van der Waals surface area contributed by atoms with Crippen LogP contribution in [-0.4, -0.2) is 40.6 Å². The monoisotopic (exact) mass is 609 g/mol. The molecule has 0 atom stereocenters. The van der Waals surface area contributed by atoms with E-state index < -0.39 is 11.7 Å². The van der Waals surface area contributed by atoms with E-state index in [2.05, 4.69) is 45.7 Å². The Morgan fingerprint density at radius 2 is 2.06 bits per heavy atom. The van der Waals surface area contributed by atoms with Gasteiger partial charge in [-0.1, -0.05) is 11.6 Å². The zero-order valence-electron chi connectivity index (χ0n) is 19.2. The number of alkyl halides is 1. The van der Waals surface area contributed by atoms with Crippen LogP contribution in [-0.2, 0) is 5.54 Å². The standard InChI is InChI=1S/C23H21ClIN5O5/c1-23(2,3)30-17-9-12(5-6-16(17)27-21(30)33-4)34-18-13(15-10-25-15)7-11(8-14(18)24)26-20(31)19-28-22(32)35-29-19/h5-9H,10H2,1-4H3,(H,26,31)(H,28,29,32). The Bertz CT molecular complexity index is 1560. The van der Waals surface area contributed by atoms with Gasteiger partial charge in [0.1, 0.15) is 5.75 Å². The van der Waals surface area contributed by atoms with Crippen LogP contribution in [0, 0.1) is 0 Å². The zero-order valence-corrected chi connectivity index (χ0v) is 22.1. The Morgan fingerprint density at radius 3 is 2.69 bits per heavy atom. The fourth-order valence-corrected chi connectivity index (χ4v) is 5.34. The van der Waals surface area contributed by atoms with Gasteiger partial charge >= 0.3 is 5.76 Å². The number of rotatable bonds is 6. The van der Waals surface area contributed by atoms with Crippen molar-refractivity contribution in [3.05, 3.63) is 57.3 Å². The van der Waals surface area contributed by atoms with Gasteiger partial charge in [-0.15, -0.1) is 20.7 Å². The Morgan fingerprint density at radius 1 is 1.29 bits per heavy atom. The number of aromatic amines is 1. The second kappa shape index (κ2) is 8.79. The number of hydrogen-bond acceptors (Lipinski definition) is 7. The summed E-state index contributed by atoms with van der Waals surface area (Å²) in [6, 6.07) is 9.58. The third-order valence-corrected chi connectivity index (χ3v) is 7.57. The number of amides is 1. The number of methoxy groups -OCH3 is 1. The number of hydrogen-bond donors (Lipinski definition) is 2. The first kappa shape index (κ1) is 23.5. The Kier molecular flexibility index (Phi) is 5.91. The van der Waals surface area contributed by atoms with E-state index >= 15 is 0 Å². The van der Waals surface area contributed by atoms with Crippen LogP contribution in [0.5, 0.6) is 17.5 Å². The van der Waals surface area contributed by atoms with Crippen LogP contribution in [0.15, 0.2) is 39.6 Å². The zero-order chi connectivity index (χ0) is 24.9. The highest BCUT2D eigenvalue weighted by Crippen LogP contribution is 2.42. The fraction of sp³-hybridized carbons (Fsp3) is 0.261. The van der Waals surface area contributed by atoms with Crippen molar-refractivity contribution in [1.29, 1.82) is 0 Å². The average Bonchev–Trinajstić information content (AvgIpc) is 3.43. The topological polar surface area (TPSA) is 124 Å². The Hall–Kier alpha value is -3.19. The first-order valence-electron chi connectivity index (χ1n) is 10.5. The maximum atomic E-state index is 12.4. The summed E-state index contributed by atoms with van der Waals surface area (Å²) in [6.07, 6.45) is 0. The first-order chi connectivity index (χ1) is 16.6. The smallest absolute Gasteiger partial charge is 0.439 e. The number of H-pyrrole nitrogens is 1. The third-order valence-electron chi connectivity index (χ3n) is 5.18. The van der Waals surface area contributed by atoms with Gasteiger partial charge in [0, 0.05) is 30.8 Å². The van der Waals surface area contributed by atoms with E-state index in [1.54, 1.807) is 13.2 Å². The van der Waals surface area contributed by atoms with Crippen molar-refractivity contribution in [2.75, 3.05) is 16.9 Å². The summed E-state index contributed by atoms with van der Waals surface area (Å²) in [6.45, 7) is 6.23. The van der Waals surface area contributed by atoms with Gasteiger partial charge < -0.3 is 14.8 Å². The molecule has 0 saturated carbocycles. The lowest BCUT2D eigenvalue weighted by Crippen LogP contribution is -2.22. The van der Waals surface area contributed by atoms with Crippen molar-refractivity contribution in [2.24, 2.45) is 0 Å². The SMILES string of the molecule is COc1nc2ccc(Oc3c(Cl)cc(NC(=O)c4noc(=O)[nH]4)cc3C3=IC3)cc2n1C(C)(C)C. The number of carbonyl (C=O) groups excluding carboxylic acids is 1. The predicted molar refractivity (Wildman–Crippen MR) is 141 cm³/mol. The van der Waals surface area contributed by atoms with E-state index in [1.807, 2.05) is 28.8 Å². The van der Waals surface area contributed by atoms with Crippen LogP contribution in [0.4, 0.5) is 5.69 Å². The highest BCUT2D eigenvalue weighted by molar-refractivity contribution is 14.2. The van der Waals surface area contributed by atoms with Crippen LogP contribution in [0.2, 0.25) is 5.02 Å². The van der Waals surface area contributed by atoms with Crippen LogP contribution >= 0.6 is 32.3 Å². The Balaban J connectivity index is 1.50. The van der Waals surface area contributed by atoms with Gasteiger partial charge in [-0.2, -0.15) is 4.98 Å². The lowest BCUT2D eigenvalue weighted by molar-refractivity contribution is 0.101. The molecule has 0 spiro atoms. The minimum absolute atomic E-state index is 0.0745. The number of nitrogens with zero attached hydrogens (tertiary/aromatic N) is 3. The average molecular weight is 610 g/mol. The number of aromatic nitrogens is 4. The molecule has 2 aromatic heterocycles. The van der Waals surface area contributed by atoms with Crippen LogP contribution in [0.25, 0.3) is 11.0 Å². The highest BCUT2D eigenvalue weighted by Gasteiger charge is 2.25. The van der Waals surface area contributed by atoms with E-state index in [1.165, 1.54) is 3.51 Å². The number of fused-ring (bicyclic) bond motifs is 1. The number of anilines is 1. The van der Waals surface area contributed by atoms with Gasteiger partial charge in [-0.05, 0) is 50.2 Å². The van der Waals surface area contributed by atoms with Crippen molar-refractivity contribution in [3.8, 4) is 17.5 Å². The van der Waals surface area contributed by atoms with Crippen LogP contribution in [0.1, 0.15) is 37.0 Å². The number of halogens is 2. The summed E-state index contributed by atoms with van der Waals surface area (Å²) in [5.74, 6) is -0.515.